The second-order valence-corrected chi connectivity index (χ2v) is 12.5. The quantitative estimate of drug-likeness (QED) is 0.559. The van der Waals surface area contributed by atoms with E-state index in [1.807, 2.05) is 13.8 Å². The number of anilines is 1. The van der Waals surface area contributed by atoms with Crippen molar-refractivity contribution in [3.05, 3.63) is 34.2 Å². The van der Waals surface area contributed by atoms with Crippen LogP contribution in [0.4, 0.5) is 23.7 Å². The zero-order chi connectivity index (χ0) is 28.8. The van der Waals surface area contributed by atoms with Crippen molar-refractivity contribution in [1.82, 2.24) is 9.62 Å². The van der Waals surface area contributed by atoms with Gasteiger partial charge in [0.2, 0.25) is 10.0 Å². The number of aryl methyl sites for hydroxylation is 2. The fraction of sp³-hybridized carbons (Fsp3) is 0.577. The Bertz CT molecular complexity index is 1290. The number of sulfonamides is 1. The van der Waals surface area contributed by atoms with Gasteiger partial charge in [0.1, 0.15) is 11.4 Å². The molecule has 3 N–H and O–H groups in total. The first-order valence-electron chi connectivity index (χ1n) is 12.9. The first kappa shape index (κ1) is 29.1. The predicted molar refractivity (Wildman–Crippen MR) is 142 cm³/mol. The van der Waals surface area contributed by atoms with Crippen molar-refractivity contribution in [1.29, 1.82) is 0 Å². The highest BCUT2D eigenvalue weighted by molar-refractivity contribution is 7.92. The summed E-state index contributed by atoms with van der Waals surface area (Å²) in [7, 11) is -2.24. The number of nitrogens with zero attached hydrogens (tertiary/aromatic N) is 3. The summed E-state index contributed by atoms with van der Waals surface area (Å²) in [6.07, 6.45) is -1.65. The molecule has 1 saturated carbocycles. The molecular weight excluding hydrogens is 535 g/mol. The lowest BCUT2D eigenvalue weighted by atomic mass is 9.81. The largest absolute Gasteiger partial charge is 0.391 e. The summed E-state index contributed by atoms with van der Waals surface area (Å²) in [6.45, 7) is 3.81. The molecular formula is C26H34F3N5O4S. The average Bonchev–Trinajstić information content (AvgIpc) is 3.17. The van der Waals surface area contributed by atoms with E-state index in [0.29, 0.717) is 29.9 Å². The van der Waals surface area contributed by atoms with E-state index in [0.717, 1.165) is 16.5 Å². The predicted octanol–water partition coefficient (Wildman–Crippen LogP) is 3.85. The number of carbonyl (C=O) groups is 2. The summed E-state index contributed by atoms with van der Waals surface area (Å²) in [4.78, 5) is 30.3. The molecule has 0 aromatic heterocycles. The average molecular weight is 570 g/mol. The number of amides is 3. The van der Waals surface area contributed by atoms with E-state index in [4.69, 9.17) is 5.73 Å². The molecule has 0 unspecified atom stereocenters. The molecule has 4 rings (SSSR count). The Morgan fingerprint density at radius 1 is 1.15 bits per heavy atom. The number of amidine groups is 1. The molecule has 1 aromatic carbocycles. The molecule has 9 nitrogen and oxygen atoms in total. The van der Waals surface area contributed by atoms with Gasteiger partial charge < -0.3 is 11.1 Å². The molecule has 214 valence electrons. The molecule has 1 spiro atoms. The second-order valence-electron chi connectivity index (χ2n) is 10.7. The van der Waals surface area contributed by atoms with Gasteiger partial charge in [-0.05, 0) is 87.3 Å². The van der Waals surface area contributed by atoms with E-state index in [1.165, 1.54) is 15.3 Å². The van der Waals surface area contributed by atoms with Gasteiger partial charge in [-0.15, -0.1) is 0 Å². The van der Waals surface area contributed by atoms with Crippen molar-refractivity contribution < 1.29 is 31.2 Å². The molecule has 1 saturated heterocycles. The van der Waals surface area contributed by atoms with Gasteiger partial charge in [0.25, 0.3) is 5.91 Å². The smallest absolute Gasteiger partial charge is 0.351 e. The van der Waals surface area contributed by atoms with Crippen molar-refractivity contribution in [2.75, 3.05) is 25.0 Å². The van der Waals surface area contributed by atoms with Gasteiger partial charge in [-0.25, -0.2) is 13.2 Å². The van der Waals surface area contributed by atoms with E-state index in [9.17, 15) is 31.2 Å². The number of aliphatic imine (C=N–C) groups is 1. The molecule has 3 aliphatic rings. The maximum atomic E-state index is 13.1. The lowest BCUT2D eigenvalue weighted by Gasteiger charge is -2.34. The molecule has 2 aliphatic heterocycles. The van der Waals surface area contributed by atoms with Crippen molar-refractivity contribution in [3.63, 3.8) is 0 Å². The summed E-state index contributed by atoms with van der Waals surface area (Å²) in [6, 6.07) is 2.89. The van der Waals surface area contributed by atoms with Gasteiger partial charge in [-0.2, -0.15) is 17.5 Å². The van der Waals surface area contributed by atoms with Crippen LogP contribution in [0.15, 0.2) is 22.5 Å². The molecule has 39 heavy (non-hydrogen) atoms. The van der Waals surface area contributed by atoms with Crippen LogP contribution in [0.1, 0.15) is 55.2 Å². The Labute approximate surface area is 226 Å². The summed E-state index contributed by atoms with van der Waals surface area (Å²) in [5, 5.41) is 3.92. The van der Waals surface area contributed by atoms with Gasteiger partial charge in [-0.3, -0.25) is 14.7 Å². The Morgan fingerprint density at radius 3 is 2.23 bits per heavy atom. The van der Waals surface area contributed by atoms with Gasteiger partial charge in [0.05, 0.1) is 5.92 Å². The molecule has 1 aliphatic carbocycles. The maximum absolute atomic E-state index is 13.1. The van der Waals surface area contributed by atoms with E-state index in [1.54, 1.807) is 19.2 Å². The third-order valence-electron chi connectivity index (χ3n) is 8.19. The minimum Gasteiger partial charge on any atom is -0.351 e. The Balaban J connectivity index is 1.41. The van der Waals surface area contributed by atoms with Crippen LogP contribution in [0, 0.1) is 25.7 Å². The van der Waals surface area contributed by atoms with Crippen molar-refractivity contribution >= 4 is 39.6 Å². The Hall–Kier alpha value is -2.93. The number of benzene rings is 1. The molecule has 2 heterocycles. The highest BCUT2D eigenvalue weighted by atomic mass is 32.2. The highest BCUT2D eigenvalue weighted by Gasteiger charge is 2.49. The van der Waals surface area contributed by atoms with Crippen LogP contribution < -0.4 is 16.0 Å². The maximum Gasteiger partial charge on any atom is 0.391 e. The molecule has 13 heteroatoms. The number of rotatable bonds is 5. The number of nitrogens with one attached hydrogen (secondary N) is 1. The molecule has 0 radical (unpaired) electrons. The van der Waals surface area contributed by atoms with Crippen LogP contribution in [0.5, 0.6) is 0 Å². The lowest BCUT2D eigenvalue weighted by molar-refractivity contribution is -0.182. The van der Waals surface area contributed by atoms with Crippen molar-refractivity contribution in [2.45, 2.75) is 64.1 Å². The monoisotopic (exact) mass is 569 g/mol. The Morgan fingerprint density at radius 2 is 1.72 bits per heavy atom. The van der Waals surface area contributed by atoms with Gasteiger partial charge in [-0.1, -0.05) is 0 Å². The highest BCUT2D eigenvalue weighted by Crippen LogP contribution is 2.41. The second kappa shape index (κ2) is 10.6. The van der Waals surface area contributed by atoms with Crippen molar-refractivity contribution in [3.8, 4) is 0 Å². The number of piperidine rings is 1. The standard InChI is InChI=1S/C26H34F3N5O4S/c1-16-14-20(33(3)24(30)36)15-17(2)21(16)8-13-39(37,38)34-11-9-25(10-12-34)23(35)31-22(32-25)18-4-6-19(7-5-18)26(27,28)29/h8,13-15,18-19H,4-7,9-12H2,1-3H3,(H2,30,36)(H,31,32,35). The number of primary amides is 1. The first-order chi connectivity index (χ1) is 18.1. The number of halogens is 3. The molecule has 0 atom stereocenters. The minimum absolute atomic E-state index is 0.0118. The number of alkyl halides is 3. The van der Waals surface area contributed by atoms with Crippen LogP contribution in [0.2, 0.25) is 0 Å². The third-order valence-corrected chi connectivity index (χ3v) is 9.75. The van der Waals surface area contributed by atoms with Crippen LogP contribution in [-0.2, 0) is 14.8 Å². The Kier molecular flexibility index (Phi) is 7.87. The lowest BCUT2D eigenvalue weighted by Crippen LogP contribution is -2.50. The molecule has 3 amide bonds. The molecule has 0 bridgehead atoms. The SMILES string of the molecule is Cc1cc(N(C)C(N)=O)cc(C)c1C=CS(=O)(=O)N1CCC2(CC1)N=C(C1CCC(C(F)(F)F)CC1)NC2=O. The first-order valence-corrected chi connectivity index (χ1v) is 14.4. The van der Waals surface area contributed by atoms with Gasteiger partial charge in [0.15, 0.2) is 0 Å². The zero-order valence-electron chi connectivity index (χ0n) is 22.2. The normalized spacial score (nSPS) is 24.2. The van der Waals surface area contributed by atoms with E-state index < -0.39 is 33.7 Å². The number of nitrogens with two attached hydrogens (primary N) is 1. The summed E-state index contributed by atoms with van der Waals surface area (Å²) in [5.74, 6) is -1.41. The summed E-state index contributed by atoms with van der Waals surface area (Å²) < 4.78 is 66.5. The van der Waals surface area contributed by atoms with Gasteiger partial charge in [0, 0.05) is 37.2 Å². The third kappa shape index (κ3) is 5.98. The minimum atomic E-state index is -4.21. The fourth-order valence-electron chi connectivity index (χ4n) is 5.65. The van der Waals surface area contributed by atoms with E-state index >= 15 is 0 Å². The van der Waals surface area contributed by atoms with Crippen LogP contribution in [0.3, 0.4) is 0 Å². The number of carbonyl (C=O) groups excluding carboxylic acids is 2. The number of hydrogen-bond acceptors (Lipinski definition) is 5. The van der Waals surface area contributed by atoms with Gasteiger partial charge >= 0.3 is 12.2 Å². The van der Waals surface area contributed by atoms with Crippen LogP contribution in [-0.4, -0.2) is 62.3 Å². The summed E-state index contributed by atoms with van der Waals surface area (Å²) in [5.41, 5.74) is 7.11. The number of hydrogen-bond donors (Lipinski definition) is 2. The van der Waals surface area contributed by atoms with Crippen LogP contribution in [0.25, 0.3) is 6.08 Å². The fourth-order valence-corrected chi connectivity index (χ4v) is 6.83. The topological polar surface area (TPSA) is 125 Å². The molecule has 1 aromatic rings. The summed E-state index contributed by atoms with van der Waals surface area (Å²) >= 11 is 0. The molecule has 2 fully saturated rings. The van der Waals surface area contributed by atoms with Crippen LogP contribution >= 0.6 is 0 Å². The zero-order valence-corrected chi connectivity index (χ0v) is 23.0. The van der Waals surface area contributed by atoms with E-state index in [-0.39, 0.29) is 50.6 Å². The van der Waals surface area contributed by atoms with Crippen molar-refractivity contribution in [2.24, 2.45) is 22.6 Å². The number of urea groups is 1. The van der Waals surface area contributed by atoms with E-state index in [2.05, 4.69) is 10.3 Å².